The zero-order valence-electron chi connectivity index (χ0n) is 11.8. The maximum atomic E-state index is 11.2. The number of non-ortho nitro benzene ring substituents is 1. The number of rotatable bonds is 4. The Hall–Kier alpha value is -3.87. The Morgan fingerprint density at radius 1 is 0.958 bits per heavy atom. The van der Waals surface area contributed by atoms with Gasteiger partial charge in [0.05, 0.1) is 21.5 Å². The third-order valence-electron chi connectivity index (χ3n) is 3.51. The van der Waals surface area contributed by atoms with Gasteiger partial charge < -0.3 is 0 Å². The Bertz CT molecular complexity index is 1010. The van der Waals surface area contributed by atoms with Crippen molar-refractivity contribution >= 4 is 22.4 Å². The van der Waals surface area contributed by atoms with E-state index in [1.807, 2.05) is 6.07 Å². The van der Waals surface area contributed by atoms with E-state index in [2.05, 4.69) is 14.9 Å². The number of aromatic nitrogens is 2. The van der Waals surface area contributed by atoms with Crippen LogP contribution in [-0.4, -0.2) is 20.2 Å². The third-order valence-corrected chi connectivity index (χ3v) is 3.51. The molecule has 118 valence electrons. The normalized spacial score (nSPS) is 11.8. The highest BCUT2D eigenvalue weighted by Gasteiger charge is 2.28. The summed E-state index contributed by atoms with van der Waals surface area (Å²) in [5, 5.41) is 38.9. The van der Waals surface area contributed by atoms with E-state index in [4.69, 9.17) is 0 Å². The molecule has 0 aliphatic rings. The van der Waals surface area contributed by atoms with Gasteiger partial charge in [-0.25, -0.2) is 4.63 Å². The molecule has 0 N–H and O–H groups in total. The minimum Gasteiger partial charge on any atom is -0.258 e. The van der Waals surface area contributed by atoms with E-state index in [9.17, 15) is 25.5 Å². The van der Waals surface area contributed by atoms with Crippen LogP contribution in [-0.2, 0) is 0 Å². The standard InChI is InChI=1S/C14H7N5O5/c15-7-10(8-3-1-2-4-11(8)18(20)21)9-5-6-12(19(22)23)14-13(9)16-24-17-14/h1-6,10H. The summed E-state index contributed by atoms with van der Waals surface area (Å²) < 4.78 is 4.56. The van der Waals surface area contributed by atoms with Gasteiger partial charge in [-0.3, -0.25) is 20.2 Å². The van der Waals surface area contributed by atoms with E-state index < -0.39 is 15.8 Å². The average molecular weight is 325 g/mol. The lowest BCUT2D eigenvalue weighted by atomic mass is 9.90. The summed E-state index contributed by atoms with van der Waals surface area (Å²) in [5.41, 5.74) is -0.247. The number of hydrogen-bond acceptors (Lipinski definition) is 8. The van der Waals surface area contributed by atoms with Gasteiger partial charge >= 0.3 is 5.69 Å². The van der Waals surface area contributed by atoms with Crippen LogP contribution in [0, 0.1) is 31.6 Å². The van der Waals surface area contributed by atoms with Crippen molar-refractivity contribution < 1.29 is 14.5 Å². The molecule has 0 aliphatic heterocycles. The van der Waals surface area contributed by atoms with Gasteiger partial charge in [0.25, 0.3) is 5.69 Å². The number of benzene rings is 2. The molecule has 0 amide bonds. The van der Waals surface area contributed by atoms with E-state index in [-0.39, 0.29) is 33.5 Å². The molecule has 1 heterocycles. The Labute approximate surface area is 133 Å². The SMILES string of the molecule is N#CC(c1ccccc1[N+](=O)[O-])c1ccc([N+](=O)[O-])c2nonc12. The van der Waals surface area contributed by atoms with Crippen LogP contribution in [0.1, 0.15) is 17.0 Å². The lowest BCUT2D eigenvalue weighted by Gasteiger charge is -2.10. The van der Waals surface area contributed by atoms with Crippen LogP contribution in [0.2, 0.25) is 0 Å². The van der Waals surface area contributed by atoms with Gasteiger partial charge in [0.1, 0.15) is 11.4 Å². The summed E-state index contributed by atoms with van der Waals surface area (Å²) in [6, 6.07) is 10.3. The molecule has 0 saturated heterocycles. The summed E-state index contributed by atoms with van der Waals surface area (Å²) in [5.74, 6) is -1.05. The maximum absolute atomic E-state index is 11.2. The van der Waals surface area contributed by atoms with Crippen molar-refractivity contribution in [2.24, 2.45) is 0 Å². The predicted molar refractivity (Wildman–Crippen MR) is 79.0 cm³/mol. The third kappa shape index (κ3) is 2.30. The van der Waals surface area contributed by atoms with Crippen LogP contribution in [0.4, 0.5) is 11.4 Å². The fourth-order valence-electron chi connectivity index (χ4n) is 2.46. The van der Waals surface area contributed by atoms with Crippen LogP contribution in [0.5, 0.6) is 0 Å². The fourth-order valence-corrected chi connectivity index (χ4v) is 2.46. The number of nitro groups is 2. The maximum Gasteiger partial charge on any atom is 0.300 e. The van der Waals surface area contributed by atoms with E-state index in [1.54, 1.807) is 6.07 Å². The molecule has 3 rings (SSSR count). The molecule has 2 aromatic carbocycles. The highest BCUT2D eigenvalue weighted by molar-refractivity contribution is 5.87. The van der Waals surface area contributed by atoms with Gasteiger partial charge in [0, 0.05) is 17.7 Å². The molecule has 10 nitrogen and oxygen atoms in total. The van der Waals surface area contributed by atoms with Crippen molar-refractivity contribution in [2.75, 3.05) is 0 Å². The largest absolute Gasteiger partial charge is 0.300 e. The number of para-hydroxylation sites is 1. The van der Waals surface area contributed by atoms with E-state index >= 15 is 0 Å². The molecule has 10 heteroatoms. The van der Waals surface area contributed by atoms with E-state index in [0.29, 0.717) is 0 Å². The van der Waals surface area contributed by atoms with Crippen molar-refractivity contribution in [2.45, 2.75) is 5.92 Å². The molecule has 0 radical (unpaired) electrons. The van der Waals surface area contributed by atoms with Gasteiger partial charge in [0.15, 0.2) is 0 Å². The summed E-state index contributed by atoms with van der Waals surface area (Å²) in [4.78, 5) is 21.0. The van der Waals surface area contributed by atoms with Crippen LogP contribution >= 0.6 is 0 Å². The molecule has 1 unspecified atom stereocenters. The molecule has 1 aromatic heterocycles. The molecular formula is C14H7N5O5. The van der Waals surface area contributed by atoms with Gasteiger partial charge in [0.2, 0.25) is 5.52 Å². The first kappa shape index (κ1) is 15.0. The lowest BCUT2D eigenvalue weighted by Crippen LogP contribution is -2.04. The molecule has 24 heavy (non-hydrogen) atoms. The molecular weight excluding hydrogens is 318 g/mol. The van der Waals surface area contributed by atoms with Gasteiger partial charge in [-0.15, -0.1) is 0 Å². The molecule has 0 spiro atoms. The summed E-state index contributed by atoms with van der Waals surface area (Å²) in [7, 11) is 0. The Balaban J connectivity index is 2.25. The second-order valence-electron chi connectivity index (χ2n) is 4.77. The van der Waals surface area contributed by atoms with E-state index in [0.717, 1.165) is 0 Å². The zero-order chi connectivity index (χ0) is 17.3. The highest BCUT2D eigenvalue weighted by atomic mass is 16.6. The quantitative estimate of drug-likeness (QED) is 0.524. The van der Waals surface area contributed by atoms with Gasteiger partial charge in [-0.2, -0.15) is 5.26 Å². The lowest BCUT2D eigenvalue weighted by molar-refractivity contribution is -0.385. The van der Waals surface area contributed by atoms with E-state index in [1.165, 1.54) is 30.3 Å². The molecule has 0 aliphatic carbocycles. The molecule has 1 atom stereocenters. The first-order chi connectivity index (χ1) is 11.5. The summed E-state index contributed by atoms with van der Waals surface area (Å²) in [6.07, 6.45) is 0. The monoisotopic (exact) mass is 325 g/mol. The smallest absolute Gasteiger partial charge is 0.258 e. The first-order valence-corrected chi connectivity index (χ1v) is 6.57. The van der Waals surface area contributed by atoms with Gasteiger partial charge in [-0.05, 0) is 16.4 Å². The first-order valence-electron chi connectivity index (χ1n) is 6.57. The zero-order valence-corrected chi connectivity index (χ0v) is 11.8. The van der Waals surface area contributed by atoms with Crippen molar-refractivity contribution in [3.63, 3.8) is 0 Å². The highest BCUT2D eigenvalue weighted by Crippen LogP contribution is 2.36. The number of nitro benzene ring substituents is 2. The van der Waals surface area contributed by atoms with Crippen molar-refractivity contribution in [3.8, 4) is 6.07 Å². The molecule has 0 bridgehead atoms. The minimum atomic E-state index is -1.05. The predicted octanol–water partition coefficient (Wildman–Crippen LogP) is 2.69. The Kier molecular flexibility index (Phi) is 3.59. The molecule has 0 fully saturated rings. The molecule has 0 saturated carbocycles. The van der Waals surface area contributed by atoms with Crippen molar-refractivity contribution in [1.29, 1.82) is 5.26 Å². The fraction of sp³-hybridized carbons (Fsp3) is 0.0714. The second kappa shape index (κ2) is 5.73. The van der Waals surface area contributed by atoms with Crippen molar-refractivity contribution in [1.82, 2.24) is 10.3 Å². The van der Waals surface area contributed by atoms with Gasteiger partial charge in [-0.1, -0.05) is 18.2 Å². The Morgan fingerprint density at radius 2 is 1.62 bits per heavy atom. The number of nitrogens with zero attached hydrogens (tertiary/aromatic N) is 5. The summed E-state index contributed by atoms with van der Waals surface area (Å²) >= 11 is 0. The average Bonchev–Trinajstić information content (AvgIpc) is 3.05. The minimum absolute atomic E-state index is 0.0221. The van der Waals surface area contributed by atoms with Crippen LogP contribution in [0.15, 0.2) is 41.0 Å². The van der Waals surface area contributed by atoms with Crippen LogP contribution < -0.4 is 0 Å². The van der Waals surface area contributed by atoms with Crippen LogP contribution in [0.3, 0.4) is 0 Å². The summed E-state index contributed by atoms with van der Waals surface area (Å²) in [6.45, 7) is 0. The van der Waals surface area contributed by atoms with Crippen LogP contribution in [0.25, 0.3) is 11.0 Å². The number of fused-ring (bicyclic) bond motifs is 1. The number of hydrogen-bond donors (Lipinski definition) is 0. The van der Waals surface area contributed by atoms with Crippen molar-refractivity contribution in [3.05, 3.63) is 67.8 Å². The topological polar surface area (TPSA) is 149 Å². The molecule has 3 aromatic rings. The Morgan fingerprint density at radius 3 is 2.29 bits per heavy atom. The number of nitriles is 1. The second-order valence-corrected chi connectivity index (χ2v) is 4.77.